The van der Waals surface area contributed by atoms with Gasteiger partial charge in [-0.2, -0.15) is 0 Å². The fraction of sp³-hybridized carbons (Fsp3) is 0.500. The van der Waals surface area contributed by atoms with Crippen LogP contribution in [0.2, 0.25) is 0 Å². The highest BCUT2D eigenvalue weighted by Gasteiger charge is 2.03. The minimum atomic E-state index is -0.331. The number of rotatable bonds is 6. The number of methoxy groups -OCH3 is 1. The zero-order chi connectivity index (χ0) is 11.1. The smallest absolute Gasteiger partial charge is 0.0787 e. The Morgan fingerprint density at radius 2 is 2.00 bits per heavy atom. The molecule has 0 aromatic heterocycles. The second-order valence-electron chi connectivity index (χ2n) is 3.33. The average molecular weight is 226 g/mol. The van der Waals surface area contributed by atoms with E-state index in [4.69, 9.17) is 4.74 Å². The Morgan fingerprint density at radius 3 is 2.53 bits per heavy atom. The van der Waals surface area contributed by atoms with Gasteiger partial charge >= 0.3 is 0 Å². The van der Waals surface area contributed by atoms with Gasteiger partial charge in [0.15, 0.2) is 0 Å². The van der Waals surface area contributed by atoms with E-state index in [2.05, 4.69) is 12.1 Å². The minimum Gasteiger partial charge on any atom is -0.388 e. The van der Waals surface area contributed by atoms with Gasteiger partial charge in [-0.15, -0.1) is 11.8 Å². The lowest BCUT2D eigenvalue weighted by Crippen LogP contribution is -1.95. The molecule has 0 aliphatic heterocycles. The van der Waals surface area contributed by atoms with Gasteiger partial charge in [0.2, 0.25) is 0 Å². The topological polar surface area (TPSA) is 29.5 Å². The molecular weight excluding hydrogens is 208 g/mol. The number of thioether (sulfide) groups is 1. The molecule has 2 nitrogen and oxygen atoms in total. The molecule has 0 unspecified atom stereocenters. The van der Waals surface area contributed by atoms with Gasteiger partial charge in [0, 0.05) is 17.8 Å². The van der Waals surface area contributed by atoms with E-state index in [1.807, 2.05) is 19.1 Å². The van der Waals surface area contributed by atoms with Crippen molar-refractivity contribution in [3.8, 4) is 0 Å². The Kier molecular flexibility index (Phi) is 5.76. The molecule has 3 heteroatoms. The van der Waals surface area contributed by atoms with E-state index in [1.165, 1.54) is 4.90 Å². The molecule has 0 saturated heterocycles. The number of ether oxygens (including phenoxy) is 1. The highest BCUT2D eigenvalue weighted by atomic mass is 32.2. The van der Waals surface area contributed by atoms with Crippen molar-refractivity contribution in [1.29, 1.82) is 0 Å². The average Bonchev–Trinajstić information content (AvgIpc) is 2.29. The lowest BCUT2D eigenvalue weighted by Gasteiger charge is -2.08. The van der Waals surface area contributed by atoms with E-state index in [1.54, 1.807) is 18.9 Å². The van der Waals surface area contributed by atoms with Gasteiger partial charge in [-0.05, 0) is 24.1 Å². The number of hydrogen-bond acceptors (Lipinski definition) is 3. The lowest BCUT2D eigenvalue weighted by molar-refractivity contribution is 0.173. The van der Waals surface area contributed by atoms with Crippen molar-refractivity contribution < 1.29 is 9.84 Å². The SMILES string of the molecule is CC[C@H](O)c1ccc(SCCOC)cc1. The molecule has 1 aromatic carbocycles. The van der Waals surface area contributed by atoms with E-state index < -0.39 is 0 Å². The van der Waals surface area contributed by atoms with Gasteiger partial charge in [0.25, 0.3) is 0 Å². The van der Waals surface area contributed by atoms with Crippen molar-refractivity contribution >= 4 is 11.8 Å². The zero-order valence-corrected chi connectivity index (χ0v) is 10.1. The van der Waals surface area contributed by atoms with Gasteiger partial charge < -0.3 is 9.84 Å². The van der Waals surface area contributed by atoms with Crippen LogP contribution in [0, 0.1) is 0 Å². The van der Waals surface area contributed by atoms with E-state index in [9.17, 15) is 5.11 Å². The number of aliphatic hydroxyl groups is 1. The van der Waals surface area contributed by atoms with Crippen molar-refractivity contribution in [3.05, 3.63) is 29.8 Å². The number of aliphatic hydroxyl groups excluding tert-OH is 1. The summed E-state index contributed by atoms with van der Waals surface area (Å²) in [6, 6.07) is 8.08. The van der Waals surface area contributed by atoms with Crippen LogP contribution in [0.4, 0.5) is 0 Å². The summed E-state index contributed by atoms with van der Waals surface area (Å²) >= 11 is 1.77. The Bertz CT molecular complexity index is 271. The fourth-order valence-electron chi connectivity index (χ4n) is 1.26. The van der Waals surface area contributed by atoms with Crippen molar-refractivity contribution in [1.82, 2.24) is 0 Å². The molecule has 0 aliphatic rings. The summed E-state index contributed by atoms with van der Waals surface area (Å²) < 4.78 is 4.98. The third kappa shape index (κ3) is 4.24. The molecule has 1 rings (SSSR count). The summed E-state index contributed by atoms with van der Waals surface area (Å²) in [4.78, 5) is 1.22. The first-order valence-corrected chi connectivity index (χ1v) is 6.16. The van der Waals surface area contributed by atoms with Crippen LogP contribution in [0.5, 0.6) is 0 Å². The second kappa shape index (κ2) is 6.88. The molecular formula is C12H18O2S. The Morgan fingerprint density at radius 1 is 1.33 bits per heavy atom. The van der Waals surface area contributed by atoms with Gasteiger partial charge in [-0.1, -0.05) is 19.1 Å². The molecule has 0 bridgehead atoms. The van der Waals surface area contributed by atoms with E-state index >= 15 is 0 Å². The lowest BCUT2D eigenvalue weighted by atomic mass is 10.1. The maximum atomic E-state index is 9.61. The number of hydrogen-bond donors (Lipinski definition) is 1. The predicted molar refractivity (Wildman–Crippen MR) is 64.3 cm³/mol. The molecule has 0 amide bonds. The Labute approximate surface area is 95.7 Å². The molecule has 0 saturated carbocycles. The molecule has 1 aromatic rings. The Balaban J connectivity index is 2.49. The van der Waals surface area contributed by atoms with Crippen molar-refractivity contribution in [2.24, 2.45) is 0 Å². The molecule has 1 N–H and O–H groups in total. The summed E-state index contributed by atoms with van der Waals surface area (Å²) in [6.45, 7) is 2.75. The third-order valence-electron chi connectivity index (χ3n) is 2.21. The molecule has 1 atom stereocenters. The van der Waals surface area contributed by atoms with Gasteiger partial charge in [-0.3, -0.25) is 0 Å². The minimum absolute atomic E-state index is 0.331. The highest BCUT2D eigenvalue weighted by Crippen LogP contribution is 2.22. The molecule has 0 spiro atoms. The quantitative estimate of drug-likeness (QED) is 0.597. The van der Waals surface area contributed by atoms with Crippen LogP contribution in [0.3, 0.4) is 0 Å². The molecule has 0 radical (unpaired) electrons. The number of benzene rings is 1. The highest BCUT2D eigenvalue weighted by molar-refractivity contribution is 7.99. The molecule has 0 fully saturated rings. The third-order valence-corrected chi connectivity index (χ3v) is 3.18. The standard InChI is InChI=1S/C12H18O2S/c1-3-12(13)10-4-6-11(7-5-10)15-9-8-14-2/h4-7,12-13H,3,8-9H2,1-2H3/t12-/m0/s1. The van der Waals surface area contributed by atoms with E-state index in [-0.39, 0.29) is 6.10 Å². The summed E-state index contributed by atoms with van der Waals surface area (Å²) in [7, 11) is 1.71. The van der Waals surface area contributed by atoms with Crippen molar-refractivity contribution in [3.63, 3.8) is 0 Å². The van der Waals surface area contributed by atoms with Crippen LogP contribution in [0.15, 0.2) is 29.2 Å². The zero-order valence-electron chi connectivity index (χ0n) is 9.27. The first kappa shape index (κ1) is 12.6. The second-order valence-corrected chi connectivity index (χ2v) is 4.50. The van der Waals surface area contributed by atoms with Gasteiger partial charge in [-0.25, -0.2) is 0 Å². The predicted octanol–water partition coefficient (Wildman–Crippen LogP) is 2.87. The van der Waals surface area contributed by atoms with Crippen LogP contribution in [-0.2, 0) is 4.74 Å². The van der Waals surface area contributed by atoms with Crippen molar-refractivity contribution in [2.75, 3.05) is 19.5 Å². The molecule has 0 heterocycles. The molecule has 84 valence electrons. The van der Waals surface area contributed by atoms with Crippen LogP contribution in [0.1, 0.15) is 25.0 Å². The summed E-state index contributed by atoms with van der Waals surface area (Å²) in [5.41, 5.74) is 0.994. The maximum Gasteiger partial charge on any atom is 0.0787 e. The summed E-state index contributed by atoms with van der Waals surface area (Å²) in [6.07, 6.45) is 0.430. The van der Waals surface area contributed by atoms with Crippen molar-refractivity contribution in [2.45, 2.75) is 24.3 Å². The fourth-order valence-corrected chi connectivity index (χ4v) is 2.08. The van der Waals surface area contributed by atoms with Gasteiger partial charge in [0.05, 0.1) is 12.7 Å². The summed E-state index contributed by atoms with van der Waals surface area (Å²) in [5.74, 6) is 0.964. The van der Waals surface area contributed by atoms with Crippen LogP contribution >= 0.6 is 11.8 Å². The molecule has 0 aliphatic carbocycles. The van der Waals surface area contributed by atoms with Gasteiger partial charge in [0.1, 0.15) is 0 Å². The normalized spacial score (nSPS) is 12.7. The van der Waals surface area contributed by atoms with Crippen LogP contribution in [-0.4, -0.2) is 24.6 Å². The van der Waals surface area contributed by atoms with E-state index in [0.717, 1.165) is 24.3 Å². The maximum absolute atomic E-state index is 9.61. The van der Waals surface area contributed by atoms with Crippen LogP contribution in [0.25, 0.3) is 0 Å². The van der Waals surface area contributed by atoms with E-state index in [0.29, 0.717) is 0 Å². The Hall–Kier alpha value is -0.510. The monoisotopic (exact) mass is 226 g/mol. The largest absolute Gasteiger partial charge is 0.388 e. The molecule has 15 heavy (non-hydrogen) atoms. The summed E-state index contributed by atoms with van der Waals surface area (Å²) in [5, 5.41) is 9.61. The first-order valence-electron chi connectivity index (χ1n) is 5.17. The first-order chi connectivity index (χ1) is 7.27. The van der Waals surface area contributed by atoms with Crippen LogP contribution < -0.4 is 0 Å².